The summed E-state index contributed by atoms with van der Waals surface area (Å²) in [5.74, 6) is 0. The first-order valence-corrected chi connectivity index (χ1v) is 11.7. The molecule has 4 aromatic rings. The summed E-state index contributed by atoms with van der Waals surface area (Å²) < 4.78 is 34.1. The van der Waals surface area contributed by atoms with Gasteiger partial charge in [0.25, 0.3) is 0 Å². The fourth-order valence-electron chi connectivity index (χ4n) is 3.00. The minimum Gasteiger partial charge on any atom is -0.759 e. The molecule has 4 rings (SSSR count). The molecule has 201 valence electrons. The Bertz CT molecular complexity index is 1030. The van der Waals surface area contributed by atoms with E-state index >= 15 is 0 Å². The molecule has 13 heteroatoms. The molecule has 37 heavy (non-hydrogen) atoms. The quantitative estimate of drug-likeness (QED) is 0.172. The molecule has 0 saturated heterocycles. The molecular weight excluding hydrogens is 550 g/mol. The molecule has 1 radical (unpaired) electrons. The third kappa shape index (κ3) is 13.1. The fourth-order valence-corrected chi connectivity index (χ4v) is 3.00. The van der Waals surface area contributed by atoms with Crippen molar-refractivity contribution in [2.24, 2.45) is 0 Å². The van der Waals surface area contributed by atoms with E-state index in [1.165, 1.54) is 0 Å². The van der Waals surface area contributed by atoms with Crippen LogP contribution in [0.5, 0.6) is 0 Å². The van der Waals surface area contributed by atoms with Gasteiger partial charge in [0.1, 0.15) is 0 Å². The third-order valence-corrected chi connectivity index (χ3v) is 4.27. The summed E-state index contributed by atoms with van der Waals surface area (Å²) in [7, 11) is -3.17. The number of rotatable bonds is 6. The van der Waals surface area contributed by atoms with Crippen LogP contribution < -0.4 is 5.32 Å². The topological polar surface area (TPSA) is 184 Å². The molecule has 0 aliphatic carbocycles. The summed E-state index contributed by atoms with van der Waals surface area (Å²) >= 11 is 0. The Hall–Kier alpha value is -3.13. The molecule has 0 spiro atoms. The minimum atomic E-state index is -5.17. The van der Waals surface area contributed by atoms with E-state index in [0.29, 0.717) is 0 Å². The molecule has 3 N–H and O–H groups in total. The molecule has 0 aromatic carbocycles. The summed E-state index contributed by atoms with van der Waals surface area (Å²) in [4.78, 5) is 18.2. The number of aliphatic hydroxyl groups is 2. The Morgan fingerprint density at radius 3 is 0.973 bits per heavy atom. The van der Waals surface area contributed by atoms with Crippen molar-refractivity contribution in [3.05, 3.63) is 120 Å². The van der Waals surface area contributed by atoms with Crippen LogP contribution in [0.2, 0.25) is 0 Å². The van der Waals surface area contributed by atoms with Crippen LogP contribution in [0.4, 0.5) is 0 Å². The molecule has 0 fully saturated rings. The van der Waals surface area contributed by atoms with Gasteiger partial charge in [-0.05, 0) is 48.5 Å². The fraction of sp³-hybridized carbons (Fsp3) is 0.167. The van der Waals surface area contributed by atoms with Crippen LogP contribution in [0, 0.1) is 0 Å². The van der Waals surface area contributed by atoms with Gasteiger partial charge in [-0.25, -0.2) is 0 Å². The van der Waals surface area contributed by atoms with Crippen LogP contribution in [-0.4, -0.2) is 61.9 Å². The van der Waals surface area contributed by atoms with E-state index in [2.05, 4.69) is 25.3 Å². The van der Waals surface area contributed by atoms with Crippen LogP contribution in [0.3, 0.4) is 0 Å². The van der Waals surface area contributed by atoms with E-state index in [1.54, 1.807) is 24.8 Å². The van der Waals surface area contributed by atoms with Crippen molar-refractivity contribution in [2.75, 3.05) is 14.2 Å². The summed E-state index contributed by atoms with van der Waals surface area (Å²) in [5.41, 5.74) is 3.59. The molecular formula is C24H27CuN5O6S. The van der Waals surface area contributed by atoms with E-state index < -0.39 is 10.4 Å². The summed E-state index contributed by atoms with van der Waals surface area (Å²) in [6, 6.07) is 23.2. The molecule has 0 saturated carbocycles. The maximum Gasteiger partial charge on any atom is 2.00 e. The maximum absolute atomic E-state index is 8.52. The van der Waals surface area contributed by atoms with Crippen LogP contribution in [0.15, 0.2) is 97.6 Å². The predicted octanol–water partition coefficient (Wildman–Crippen LogP) is 1.61. The maximum atomic E-state index is 8.52. The Kier molecular flexibility index (Phi) is 17.4. The van der Waals surface area contributed by atoms with Gasteiger partial charge in [0.15, 0.2) is 0 Å². The Morgan fingerprint density at radius 1 is 0.595 bits per heavy atom. The Labute approximate surface area is 226 Å². The van der Waals surface area contributed by atoms with Crippen LogP contribution >= 0.6 is 0 Å². The SMILES string of the molecule is CO.CO.O=S(=O)([O-])[O-].[Cu+2].c1ccc(C(NC(c2ccccn2)c2ccccn2)c2ccccn2)nc1. The number of pyridine rings is 4. The molecule has 0 bridgehead atoms. The molecule has 4 heterocycles. The van der Waals surface area contributed by atoms with Crippen LogP contribution in [-0.2, 0) is 27.5 Å². The number of aromatic nitrogens is 4. The third-order valence-electron chi connectivity index (χ3n) is 4.27. The standard InChI is InChI=1S/C22H19N5.2CH4O.Cu.H2O4S/c1-5-13-23-17(9-1)21(18-10-2-6-14-24-18)27-22(19-11-3-7-15-25-19)20-12-4-8-16-26-20;2*1-2;;1-5(2,3)4/h1-16,21-22,27H;2*2H,1H3;;(H2,1,2,3,4)/q;;;+2;/p-2. The van der Waals surface area contributed by atoms with E-state index in [0.717, 1.165) is 37.0 Å². The normalized spacial score (nSPS) is 9.95. The van der Waals surface area contributed by atoms with E-state index in [-0.39, 0.29) is 29.2 Å². The average molecular weight is 577 g/mol. The zero-order chi connectivity index (χ0) is 26.8. The number of aliphatic hydroxyl groups excluding tert-OH is 2. The average Bonchev–Trinajstić information content (AvgIpc) is 2.93. The van der Waals surface area contributed by atoms with Crippen molar-refractivity contribution in [2.45, 2.75) is 12.1 Å². The zero-order valence-electron chi connectivity index (χ0n) is 19.9. The molecule has 11 nitrogen and oxygen atoms in total. The number of nitrogens with zero attached hydrogens (tertiary/aromatic N) is 4. The second kappa shape index (κ2) is 19.0. The largest absolute Gasteiger partial charge is 2.00 e. The van der Waals surface area contributed by atoms with E-state index in [9.17, 15) is 0 Å². The summed E-state index contributed by atoms with van der Waals surface area (Å²) in [6.07, 6.45) is 7.18. The molecule has 0 atom stereocenters. The number of hydrogen-bond acceptors (Lipinski definition) is 11. The van der Waals surface area contributed by atoms with Gasteiger partial charge in [0, 0.05) is 49.4 Å². The van der Waals surface area contributed by atoms with Gasteiger partial charge in [0.2, 0.25) is 0 Å². The Morgan fingerprint density at radius 2 is 0.811 bits per heavy atom. The van der Waals surface area contributed by atoms with Gasteiger partial charge in [-0.1, -0.05) is 24.3 Å². The van der Waals surface area contributed by atoms with Crippen molar-refractivity contribution in [3.63, 3.8) is 0 Å². The molecule has 0 unspecified atom stereocenters. The van der Waals surface area contributed by atoms with Gasteiger partial charge in [-0.2, -0.15) is 0 Å². The van der Waals surface area contributed by atoms with Gasteiger partial charge in [-0.3, -0.25) is 33.7 Å². The van der Waals surface area contributed by atoms with Gasteiger partial charge in [-0.15, -0.1) is 0 Å². The first-order chi connectivity index (χ1) is 17.4. The van der Waals surface area contributed by atoms with Crippen LogP contribution in [0.25, 0.3) is 0 Å². The summed E-state index contributed by atoms with van der Waals surface area (Å²) in [6.45, 7) is 0. The molecule has 0 amide bonds. The Balaban J connectivity index is 0.00000115. The van der Waals surface area contributed by atoms with Crippen molar-refractivity contribution in [1.82, 2.24) is 25.3 Å². The molecule has 0 aliphatic heterocycles. The van der Waals surface area contributed by atoms with Crippen molar-refractivity contribution in [3.8, 4) is 0 Å². The van der Waals surface area contributed by atoms with Crippen molar-refractivity contribution in [1.29, 1.82) is 0 Å². The zero-order valence-corrected chi connectivity index (χ0v) is 21.7. The second-order valence-electron chi connectivity index (χ2n) is 6.46. The smallest absolute Gasteiger partial charge is 0.759 e. The first kappa shape index (κ1) is 33.9. The first-order valence-electron chi connectivity index (χ1n) is 10.4. The second-order valence-corrected chi connectivity index (χ2v) is 7.28. The van der Waals surface area contributed by atoms with Crippen molar-refractivity contribution < 1.29 is 44.8 Å². The van der Waals surface area contributed by atoms with Gasteiger partial charge in [0.05, 0.1) is 34.9 Å². The van der Waals surface area contributed by atoms with E-state index in [4.69, 9.17) is 27.7 Å². The summed E-state index contributed by atoms with van der Waals surface area (Å²) in [5, 5.41) is 17.7. The number of hydrogen-bond donors (Lipinski definition) is 3. The van der Waals surface area contributed by atoms with Crippen molar-refractivity contribution >= 4 is 10.4 Å². The van der Waals surface area contributed by atoms with Crippen LogP contribution in [0.1, 0.15) is 34.9 Å². The minimum absolute atomic E-state index is 0. The predicted molar refractivity (Wildman–Crippen MR) is 131 cm³/mol. The van der Waals surface area contributed by atoms with E-state index in [1.807, 2.05) is 72.8 Å². The van der Waals surface area contributed by atoms with Gasteiger partial charge >= 0.3 is 17.1 Å². The number of nitrogens with one attached hydrogen (secondary N) is 1. The molecule has 0 aliphatic rings. The molecule has 4 aromatic heterocycles. The van der Waals surface area contributed by atoms with Gasteiger partial charge < -0.3 is 19.3 Å². The monoisotopic (exact) mass is 576 g/mol.